The molecule has 5 nitrogen and oxygen atoms in total. The van der Waals surface area contributed by atoms with Gasteiger partial charge < -0.3 is 10.3 Å². The molecule has 0 bridgehead atoms. The Morgan fingerprint density at radius 1 is 1.15 bits per heavy atom. The summed E-state index contributed by atoms with van der Waals surface area (Å²) in [4.78, 5) is 4.44. The Labute approximate surface area is 116 Å². The number of rotatable bonds is 3. The molecule has 1 aliphatic carbocycles. The van der Waals surface area contributed by atoms with Crippen molar-refractivity contribution in [3.8, 4) is 16.9 Å². The SMILES string of the molecule is Nc1c(-c2cnn(-c3ccccc3)c2)ncn1C1CC1. The molecule has 2 heterocycles. The number of nitrogens with two attached hydrogens (primary N) is 1. The highest BCUT2D eigenvalue weighted by Crippen LogP contribution is 2.39. The van der Waals surface area contributed by atoms with Crippen LogP contribution in [0.3, 0.4) is 0 Å². The van der Waals surface area contributed by atoms with E-state index in [9.17, 15) is 0 Å². The second kappa shape index (κ2) is 4.23. The van der Waals surface area contributed by atoms with Crippen molar-refractivity contribution >= 4 is 5.82 Å². The predicted octanol–water partition coefficient (Wildman–Crippen LogP) is 2.65. The zero-order valence-corrected chi connectivity index (χ0v) is 11.0. The quantitative estimate of drug-likeness (QED) is 0.792. The first-order valence-electron chi connectivity index (χ1n) is 6.76. The first-order chi connectivity index (χ1) is 9.83. The second-order valence-corrected chi connectivity index (χ2v) is 5.13. The lowest BCUT2D eigenvalue weighted by atomic mass is 10.2. The van der Waals surface area contributed by atoms with E-state index in [1.807, 2.05) is 53.7 Å². The fourth-order valence-electron chi connectivity index (χ4n) is 2.40. The van der Waals surface area contributed by atoms with Crippen molar-refractivity contribution in [3.05, 3.63) is 49.1 Å². The van der Waals surface area contributed by atoms with E-state index >= 15 is 0 Å². The van der Waals surface area contributed by atoms with Crippen molar-refractivity contribution in [2.75, 3.05) is 5.73 Å². The van der Waals surface area contributed by atoms with Gasteiger partial charge in [0, 0.05) is 17.8 Å². The number of nitrogens with zero attached hydrogens (tertiary/aromatic N) is 4. The molecule has 100 valence electrons. The number of hydrogen-bond donors (Lipinski definition) is 1. The third-order valence-corrected chi connectivity index (χ3v) is 3.65. The Morgan fingerprint density at radius 2 is 1.95 bits per heavy atom. The van der Waals surface area contributed by atoms with Crippen molar-refractivity contribution in [2.45, 2.75) is 18.9 Å². The average molecular weight is 265 g/mol. The highest BCUT2D eigenvalue weighted by atomic mass is 15.3. The lowest BCUT2D eigenvalue weighted by Gasteiger charge is -2.02. The average Bonchev–Trinajstić information content (AvgIpc) is 3.08. The molecular formula is C15H15N5. The summed E-state index contributed by atoms with van der Waals surface area (Å²) in [6, 6.07) is 10.6. The highest BCUT2D eigenvalue weighted by Gasteiger charge is 2.26. The van der Waals surface area contributed by atoms with E-state index in [0.717, 1.165) is 22.8 Å². The Kier molecular flexibility index (Phi) is 2.39. The van der Waals surface area contributed by atoms with E-state index in [2.05, 4.69) is 14.6 Å². The van der Waals surface area contributed by atoms with Crippen LogP contribution in [0.5, 0.6) is 0 Å². The van der Waals surface area contributed by atoms with Gasteiger partial charge in [0.1, 0.15) is 11.5 Å². The third-order valence-electron chi connectivity index (χ3n) is 3.65. The normalized spacial score (nSPS) is 14.6. The molecule has 1 fully saturated rings. The highest BCUT2D eigenvalue weighted by molar-refractivity contribution is 5.69. The van der Waals surface area contributed by atoms with E-state index in [1.54, 1.807) is 0 Å². The lowest BCUT2D eigenvalue weighted by molar-refractivity contribution is 0.751. The largest absolute Gasteiger partial charge is 0.383 e. The summed E-state index contributed by atoms with van der Waals surface area (Å²) >= 11 is 0. The van der Waals surface area contributed by atoms with Crippen LogP contribution < -0.4 is 5.73 Å². The minimum atomic E-state index is 0.542. The zero-order valence-electron chi connectivity index (χ0n) is 11.0. The van der Waals surface area contributed by atoms with Crippen LogP contribution in [0.15, 0.2) is 49.1 Å². The summed E-state index contributed by atoms with van der Waals surface area (Å²) in [7, 11) is 0. The predicted molar refractivity (Wildman–Crippen MR) is 77.5 cm³/mol. The zero-order chi connectivity index (χ0) is 13.5. The molecule has 0 spiro atoms. The first kappa shape index (κ1) is 11.3. The summed E-state index contributed by atoms with van der Waals surface area (Å²) in [6.45, 7) is 0. The van der Waals surface area contributed by atoms with E-state index < -0.39 is 0 Å². The van der Waals surface area contributed by atoms with Crippen molar-refractivity contribution < 1.29 is 0 Å². The van der Waals surface area contributed by atoms with Gasteiger partial charge in [0.2, 0.25) is 0 Å². The van der Waals surface area contributed by atoms with Gasteiger partial charge in [0.05, 0.1) is 18.2 Å². The molecule has 3 aromatic rings. The summed E-state index contributed by atoms with van der Waals surface area (Å²) in [5.41, 5.74) is 8.98. The lowest BCUT2D eigenvalue weighted by Crippen LogP contribution is -1.99. The molecule has 0 radical (unpaired) electrons. The summed E-state index contributed by atoms with van der Waals surface area (Å²) in [5.74, 6) is 0.736. The minimum absolute atomic E-state index is 0.542. The molecule has 1 saturated carbocycles. The fourth-order valence-corrected chi connectivity index (χ4v) is 2.40. The van der Waals surface area contributed by atoms with E-state index in [4.69, 9.17) is 5.73 Å². The van der Waals surface area contributed by atoms with Crippen LogP contribution in [0, 0.1) is 0 Å². The fraction of sp³-hybridized carbons (Fsp3) is 0.200. The molecule has 2 aromatic heterocycles. The van der Waals surface area contributed by atoms with Crippen molar-refractivity contribution in [2.24, 2.45) is 0 Å². The summed E-state index contributed by atoms with van der Waals surface area (Å²) < 4.78 is 3.90. The topological polar surface area (TPSA) is 61.7 Å². The molecule has 0 atom stereocenters. The number of aromatic nitrogens is 4. The second-order valence-electron chi connectivity index (χ2n) is 5.13. The third kappa shape index (κ3) is 1.79. The van der Waals surface area contributed by atoms with Crippen LogP contribution in [0.25, 0.3) is 16.9 Å². The van der Waals surface area contributed by atoms with Gasteiger partial charge in [-0.15, -0.1) is 0 Å². The van der Waals surface area contributed by atoms with E-state index in [-0.39, 0.29) is 0 Å². The Bertz CT molecular complexity index is 737. The number of hydrogen-bond acceptors (Lipinski definition) is 3. The van der Waals surface area contributed by atoms with Crippen LogP contribution in [0.1, 0.15) is 18.9 Å². The number of imidazole rings is 1. The van der Waals surface area contributed by atoms with Gasteiger partial charge >= 0.3 is 0 Å². The molecule has 0 amide bonds. The maximum atomic E-state index is 6.19. The van der Waals surface area contributed by atoms with Crippen LogP contribution >= 0.6 is 0 Å². The van der Waals surface area contributed by atoms with Gasteiger partial charge in [-0.2, -0.15) is 5.10 Å². The van der Waals surface area contributed by atoms with E-state index in [0.29, 0.717) is 6.04 Å². The molecule has 0 unspecified atom stereocenters. The number of benzene rings is 1. The smallest absolute Gasteiger partial charge is 0.131 e. The molecule has 0 aliphatic heterocycles. The number of anilines is 1. The van der Waals surface area contributed by atoms with Gasteiger partial charge in [0.15, 0.2) is 0 Å². The van der Waals surface area contributed by atoms with Gasteiger partial charge in [-0.05, 0) is 25.0 Å². The van der Waals surface area contributed by atoms with Crippen LogP contribution in [0.4, 0.5) is 5.82 Å². The van der Waals surface area contributed by atoms with Crippen molar-refractivity contribution in [3.63, 3.8) is 0 Å². The van der Waals surface area contributed by atoms with Crippen LogP contribution in [-0.4, -0.2) is 19.3 Å². The van der Waals surface area contributed by atoms with Crippen LogP contribution in [0.2, 0.25) is 0 Å². The molecular weight excluding hydrogens is 250 g/mol. The van der Waals surface area contributed by atoms with Gasteiger partial charge in [-0.3, -0.25) is 0 Å². The Morgan fingerprint density at radius 3 is 2.70 bits per heavy atom. The monoisotopic (exact) mass is 265 g/mol. The first-order valence-corrected chi connectivity index (χ1v) is 6.76. The van der Waals surface area contributed by atoms with E-state index in [1.165, 1.54) is 12.8 Å². The molecule has 0 saturated heterocycles. The van der Waals surface area contributed by atoms with Gasteiger partial charge in [-0.1, -0.05) is 18.2 Å². The van der Waals surface area contributed by atoms with Gasteiger partial charge in [0.25, 0.3) is 0 Å². The standard InChI is InChI=1S/C15H15N5/c16-15-14(17-10-19(15)12-6-7-12)11-8-18-20(9-11)13-4-2-1-3-5-13/h1-5,8-10,12H,6-7,16H2. The minimum Gasteiger partial charge on any atom is -0.383 e. The van der Waals surface area contributed by atoms with Crippen molar-refractivity contribution in [1.29, 1.82) is 0 Å². The maximum Gasteiger partial charge on any atom is 0.131 e. The number of nitrogen functional groups attached to an aromatic ring is 1. The van der Waals surface area contributed by atoms with Crippen molar-refractivity contribution in [1.82, 2.24) is 19.3 Å². The maximum absolute atomic E-state index is 6.19. The Balaban J connectivity index is 1.71. The molecule has 4 rings (SSSR count). The number of para-hydroxylation sites is 1. The summed E-state index contributed by atoms with van der Waals surface area (Å²) in [5, 5.41) is 4.39. The summed E-state index contributed by atoms with van der Waals surface area (Å²) in [6.07, 6.45) is 8.00. The molecule has 20 heavy (non-hydrogen) atoms. The molecule has 1 aliphatic rings. The van der Waals surface area contributed by atoms with Gasteiger partial charge in [-0.25, -0.2) is 9.67 Å². The van der Waals surface area contributed by atoms with Crippen LogP contribution in [-0.2, 0) is 0 Å². The molecule has 5 heteroatoms. The molecule has 1 aromatic carbocycles. The Hall–Kier alpha value is -2.56. The molecule has 2 N–H and O–H groups in total.